The van der Waals surface area contributed by atoms with Crippen LogP contribution in [-0.2, 0) is 9.53 Å². The van der Waals surface area contributed by atoms with E-state index in [-0.39, 0.29) is 17.8 Å². The fourth-order valence-corrected chi connectivity index (χ4v) is 3.56. The van der Waals surface area contributed by atoms with Crippen LogP contribution < -0.4 is 0 Å². The molecule has 3 rings (SSSR count). The van der Waals surface area contributed by atoms with E-state index in [1.807, 2.05) is 29.6 Å². The molecule has 1 aliphatic rings. The zero-order valence-corrected chi connectivity index (χ0v) is 14.4. The Balaban J connectivity index is 1.68. The molecule has 0 spiro atoms. The minimum atomic E-state index is -0.211. The average molecular weight is 344 g/mol. The number of piperidine rings is 1. The Bertz CT molecular complexity index is 698. The Kier molecular flexibility index (Phi) is 5.25. The van der Waals surface area contributed by atoms with E-state index >= 15 is 0 Å². The summed E-state index contributed by atoms with van der Waals surface area (Å²) in [6.07, 6.45) is 3.38. The standard InChI is InChI=1S/C18H20N2O3S/c1-2-23-18(22)15-4-3-10-20(12-15)17(21)14-7-5-13(6-8-14)16-19-9-11-24-16/h5-9,11,15H,2-4,10,12H2,1H3. The van der Waals surface area contributed by atoms with Gasteiger partial charge in [-0.25, -0.2) is 4.98 Å². The van der Waals surface area contributed by atoms with E-state index in [0.717, 1.165) is 23.4 Å². The van der Waals surface area contributed by atoms with Gasteiger partial charge in [0.05, 0.1) is 12.5 Å². The van der Waals surface area contributed by atoms with Crippen molar-refractivity contribution in [3.05, 3.63) is 41.4 Å². The van der Waals surface area contributed by atoms with Gasteiger partial charge in [0.2, 0.25) is 0 Å². The van der Waals surface area contributed by atoms with Crippen molar-refractivity contribution in [1.82, 2.24) is 9.88 Å². The number of aromatic nitrogens is 1. The summed E-state index contributed by atoms with van der Waals surface area (Å²) >= 11 is 1.57. The van der Waals surface area contributed by atoms with Crippen molar-refractivity contribution in [3.63, 3.8) is 0 Å². The molecule has 0 saturated carbocycles. The number of thiazole rings is 1. The molecule has 0 aliphatic carbocycles. The third kappa shape index (κ3) is 3.64. The fourth-order valence-electron chi connectivity index (χ4n) is 2.92. The Hall–Kier alpha value is -2.21. The van der Waals surface area contributed by atoms with Crippen molar-refractivity contribution in [2.45, 2.75) is 19.8 Å². The van der Waals surface area contributed by atoms with E-state index in [1.54, 1.807) is 29.4 Å². The first kappa shape index (κ1) is 16.6. The Morgan fingerprint density at radius 1 is 1.33 bits per heavy atom. The first-order chi connectivity index (χ1) is 11.7. The Labute approximate surface area is 145 Å². The van der Waals surface area contributed by atoms with Crippen molar-refractivity contribution >= 4 is 23.2 Å². The number of rotatable bonds is 4. The molecule has 1 aliphatic heterocycles. The molecule has 1 fully saturated rings. The zero-order valence-electron chi connectivity index (χ0n) is 13.6. The van der Waals surface area contributed by atoms with Crippen LogP contribution in [0.2, 0.25) is 0 Å². The van der Waals surface area contributed by atoms with Crippen molar-refractivity contribution in [2.75, 3.05) is 19.7 Å². The van der Waals surface area contributed by atoms with Crippen LogP contribution in [0.4, 0.5) is 0 Å². The average Bonchev–Trinajstić information content (AvgIpc) is 3.16. The topological polar surface area (TPSA) is 59.5 Å². The molecule has 5 nitrogen and oxygen atoms in total. The molecule has 1 saturated heterocycles. The van der Waals surface area contributed by atoms with Gasteiger partial charge >= 0.3 is 5.97 Å². The summed E-state index contributed by atoms with van der Waals surface area (Å²) in [7, 11) is 0. The van der Waals surface area contributed by atoms with Crippen molar-refractivity contribution < 1.29 is 14.3 Å². The number of ether oxygens (including phenoxy) is 1. The number of esters is 1. The van der Waals surface area contributed by atoms with Crippen LogP contribution in [0.15, 0.2) is 35.8 Å². The molecule has 1 atom stereocenters. The van der Waals surface area contributed by atoms with E-state index in [0.29, 0.717) is 25.3 Å². The summed E-state index contributed by atoms with van der Waals surface area (Å²) in [5.41, 5.74) is 1.64. The highest BCUT2D eigenvalue weighted by atomic mass is 32.1. The van der Waals surface area contributed by atoms with Crippen LogP contribution in [0.5, 0.6) is 0 Å². The molecule has 1 aromatic carbocycles. The Morgan fingerprint density at radius 3 is 2.79 bits per heavy atom. The van der Waals surface area contributed by atoms with Gasteiger partial charge in [-0.05, 0) is 31.9 Å². The molecule has 0 radical (unpaired) electrons. The number of carbonyl (C=O) groups is 2. The highest BCUT2D eigenvalue weighted by Gasteiger charge is 2.29. The minimum absolute atomic E-state index is 0.0327. The summed E-state index contributed by atoms with van der Waals surface area (Å²) in [6, 6.07) is 7.48. The van der Waals surface area contributed by atoms with Gasteiger partial charge in [-0.2, -0.15) is 0 Å². The second-order valence-electron chi connectivity index (χ2n) is 5.76. The van der Waals surface area contributed by atoms with Gasteiger partial charge in [-0.1, -0.05) is 12.1 Å². The highest BCUT2D eigenvalue weighted by molar-refractivity contribution is 7.13. The van der Waals surface area contributed by atoms with E-state index in [1.165, 1.54) is 0 Å². The smallest absolute Gasteiger partial charge is 0.310 e. The number of carbonyl (C=O) groups excluding carboxylic acids is 2. The van der Waals surface area contributed by atoms with E-state index in [4.69, 9.17) is 4.74 Å². The maximum atomic E-state index is 12.7. The van der Waals surface area contributed by atoms with Crippen LogP contribution in [0.3, 0.4) is 0 Å². The summed E-state index contributed by atoms with van der Waals surface area (Å²) < 4.78 is 5.09. The predicted octanol–water partition coefficient (Wildman–Crippen LogP) is 3.23. The summed E-state index contributed by atoms with van der Waals surface area (Å²) in [6.45, 7) is 3.30. The van der Waals surface area contributed by atoms with Gasteiger partial charge < -0.3 is 9.64 Å². The van der Waals surface area contributed by atoms with Gasteiger partial charge in [0.1, 0.15) is 5.01 Å². The molecule has 24 heavy (non-hydrogen) atoms. The highest BCUT2D eigenvalue weighted by Crippen LogP contribution is 2.24. The largest absolute Gasteiger partial charge is 0.466 e. The molecule has 126 valence electrons. The maximum Gasteiger partial charge on any atom is 0.310 e. The summed E-state index contributed by atoms with van der Waals surface area (Å²) in [5.74, 6) is -0.443. The van der Waals surface area contributed by atoms with Crippen LogP contribution in [0.25, 0.3) is 10.6 Å². The van der Waals surface area contributed by atoms with Crippen molar-refractivity contribution in [3.8, 4) is 10.6 Å². The number of likely N-dealkylation sites (tertiary alicyclic amines) is 1. The number of hydrogen-bond donors (Lipinski definition) is 0. The van der Waals surface area contributed by atoms with Gasteiger partial charge in [0.15, 0.2) is 0 Å². The zero-order chi connectivity index (χ0) is 16.9. The van der Waals surface area contributed by atoms with Crippen LogP contribution >= 0.6 is 11.3 Å². The van der Waals surface area contributed by atoms with Crippen LogP contribution in [0, 0.1) is 5.92 Å². The molecule has 6 heteroatoms. The third-order valence-corrected chi connectivity index (χ3v) is 4.96. The second-order valence-corrected chi connectivity index (χ2v) is 6.65. The van der Waals surface area contributed by atoms with Crippen molar-refractivity contribution in [1.29, 1.82) is 0 Å². The van der Waals surface area contributed by atoms with Crippen LogP contribution in [0.1, 0.15) is 30.1 Å². The lowest BCUT2D eigenvalue weighted by Gasteiger charge is -2.31. The summed E-state index contributed by atoms with van der Waals surface area (Å²) in [5, 5.41) is 2.87. The molecule has 2 heterocycles. The first-order valence-electron chi connectivity index (χ1n) is 8.15. The molecule has 1 unspecified atom stereocenters. The summed E-state index contributed by atoms with van der Waals surface area (Å²) in [4.78, 5) is 30.6. The maximum absolute atomic E-state index is 12.7. The fraction of sp³-hybridized carbons (Fsp3) is 0.389. The molecular formula is C18H20N2O3S. The van der Waals surface area contributed by atoms with Crippen LogP contribution in [-0.4, -0.2) is 41.5 Å². The van der Waals surface area contributed by atoms with E-state index in [9.17, 15) is 9.59 Å². The molecule has 1 amide bonds. The van der Waals surface area contributed by atoms with E-state index in [2.05, 4.69) is 4.98 Å². The quantitative estimate of drug-likeness (QED) is 0.799. The third-order valence-electron chi connectivity index (χ3n) is 4.14. The lowest BCUT2D eigenvalue weighted by atomic mass is 9.97. The van der Waals surface area contributed by atoms with Gasteiger partial charge in [0, 0.05) is 35.8 Å². The SMILES string of the molecule is CCOC(=O)C1CCCN(C(=O)c2ccc(-c3nccs3)cc2)C1. The first-order valence-corrected chi connectivity index (χ1v) is 9.03. The van der Waals surface area contributed by atoms with Crippen molar-refractivity contribution in [2.24, 2.45) is 5.92 Å². The molecule has 0 bridgehead atoms. The minimum Gasteiger partial charge on any atom is -0.466 e. The lowest BCUT2D eigenvalue weighted by Crippen LogP contribution is -2.42. The normalized spacial score (nSPS) is 17.5. The number of benzene rings is 1. The lowest BCUT2D eigenvalue weighted by molar-refractivity contribution is -0.149. The molecule has 0 N–H and O–H groups in total. The number of amides is 1. The number of nitrogens with zero attached hydrogens (tertiary/aromatic N) is 2. The van der Waals surface area contributed by atoms with Gasteiger partial charge in [-0.15, -0.1) is 11.3 Å². The van der Waals surface area contributed by atoms with Gasteiger partial charge in [-0.3, -0.25) is 9.59 Å². The Morgan fingerprint density at radius 2 is 2.12 bits per heavy atom. The molecule has 1 aromatic heterocycles. The predicted molar refractivity (Wildman–Crippen MR) is 92.8 cm³/mol. The molecular weight excluding hydrogens is 324 g/mol. The second kappa shape index (κ2) is 7.57. The monoisotopic (exact) mass is 344 g/mol. The number of hydrogen-bond acceptors (Lipinski definition) is 5. The van der Waals surface area contributed by atoms with E-state index < -0.39 is 0 Å². The van der Waals surface area contributed by atoms with Gasteiger partial charge in [0.25, 0.3) is 5.91 Å². The molecule has 2 aromatic rings.